The van der Waals surface area contributed by atoms with Crippen molar-refractivity contribution in [1.29, 1.82) is 0 Å². The number of hydrogen-bond donors (Lipinski definition) is 1. The number of amides is 1. The fourth-order valence-electron chi connectivity index (χ4n) is 1.73. The van der Waals surface area contributed by atoms with Crippen LogP contribution in [-0.2, 0) is 20.9 Å². The summed E-state index contributed by atoms with van der Waals surface area (Å²) >= 11 is 0. The number of ether oxygens (including phenoxy) is 1. The van der Waals surface area contributed by atoms with Crippen molar-refractivity contribution in [2.75, 3.05) is 13.2 Å². The molecule has 7 heteroatoms. The van der Waals surface area contributed by atoms with Crippen molar-refractivity contribution >= 4 is 24.3 Å². The average molecular weight is 316 g/mol. The summed E-state index contributed by atoms with van der Waals surface area (Å²) in [5, 5.41) is 0. The zero-order valence-electron chi connectivity index (χ0n) is 12.3. The lowest BCUT2D eigenvalue weighted by Crippen LogP contribution is -2.42. The molecular formula is C14H22ClN3O3. The highest BCUT2D eigenvalue weighted by atomic mass is 35.5. The molecule has 21 heavy (non-hydrogen) atoms. The van der Waals surface area contributed by atoms with E-state index in [2.05, 4.69) is 4.98 Å². The van der Waals surface area contributed by atoms with Gasteiger partial charge >= 0.3 is 5.97 Å². The van der Waals surface area contributed by atoms with Crippen molar-refractivity contribution in [3.63, 3.8) is 0 Å². The van der Waals surface area contributed by atoms with E-state index < -0.39 is 6.04 Å². The van der Waals surface area contributed by atoms with Crippen LogP contribution < -0.4 is 5.73 Å². The van der Waals surface area contributed by atoms with Crippen molar-refractivity contribution in [3.05, 3.63) is 30.1 Å². The molecule has 0 aliphatic carbocycles. The molecule has 1 amide bonds. The molecule has 0 radical (unpaired) electrons. The molecule has 0 saturated carbocycles. The first-order valence-corrected chi connectivity index (χ1v) is 6.63. The predicted molar refractivity (Wildman–Crippen MR) is 81.8 cm³/mol. The molecule has 1 aromatic rings. The molecule has 0 unspecified atom stereocenters. The maximum absolute atomic E-state index is 12.0. The molecule has 0 aromatic carbocycles. The van der Waals surface area contributed by atoms with Gasteiger partial charge in [0, 0.05) is 25.5 Å². The lowest BCUT2D eigenvalue weighted by molar-refractivity contribution is -0.144. The number of halogens is 1. The maximum atomic E-state index is 12.0. The Bertz CT molecular complexity index is 440. The quantitative estimate of drug-likeness (QED) is 0.762. The van der Waals surface area contributed by atoms with Gasteiger partial charge < -0.3 is 15.4 Å². The van der Waals surface area contributed by atoms with Crippen LogP contribution in [0.4, 0.5) is 0 Å². The van der Waals surface area contributed by atoms with Crippen LogP contribution in [0, 0.1) is 0 Å². The third kappa shape index (κ3) is 7.06. The second kappa shape index (κ2) is 10.1. The third-order valence-electron chi connectivity index (χ3n) is 2.69. The van der Waals surface area contributed by atoms with Crippen LogP contribution in [0.15, 0.2) is 24.5 Å². The number of rotatable bonds is 7. The largest absolute Gasteiger partial charge is 0.466 e. The number of aromatic nitrogens is 1. The molecule has 0 bridgehead atoms. The molecule has 0 fully saturated rings. The smallest absolute Gasteiger partial charge is 0.307 e. The zero-order valence-corrected chi connectivity index (χ0v) is 13.1. The highest BCUT2D eigenvalue weighted by Crippen LogP contribution is 2.06. The van der Waals surface area contributed by atoms with Gasteiger partial charge in [0.2, 0.25) is 5.91 Å². The van der Waals surface area contributed by atoms with E-state index in [0.717, 1.165) is 5.56 Å². The van der Waals surface area contributed by atoms with Crippen molar-refractivity contribution < 1.29 is 14.3 Å². The number of carbonyl (C=O) groups excluding carboxylic acids is 2. The van der Waals surface area contributed by atoms with E-state index in [1.165, 1.54) is 0 Å². The summed E-state index contributed by atoms with van der Waals surface area (Å²) in [7, 11) is 0. The molecule has 1 rings (SSSR count). The summed E-state index contributed by atoms with van der Waals surface area (Å²) in [6, 6.07) is 3.07. The van der Waals surface area contributed by atoms with Gasteiger partial charge in [0.05, 0.1) is 19.1 Å². The lowest BCUT2D eigenvalue weighted by atomic mass is 10.2. The Morgan fingerprint density at radius 3 is 2.71 bits per heavy atom. The first-order chi connectivity index (χ1) is 9.54. The highest BCUT2D eigenvalue weighted by Gasteiger charge is 2.19. The van der Waals surface area contributed by atoms with Crippen molar-refractivity contribution in [3.8, 4) is 0 Å². The van der Waals surface area contributed by atoms with Crippen LogP contribution in [0.2, 0.25) is 0 Å². The van der Waals surface area contributed by atoms with Gasteiger partial charge in [-0.05, 0) is 25.5 Å². The Morgan fingerprint density at radius 2 is 2.19 bits per heavy atom. The van der Waals surface area contributed by atoms with Crippen LogP contribution in [0.1, 0.15) is 25.8 Å². The van der Waals surface area contributed by atoms with Crippen molar-refractivity contribution in [1.82, 2.24) is 9.88 Å². The summed E-state index contributed by atoms with van der Waals surface area (Å²) in [5.41, 5.74) is 6.53. The predicted octanol–water partition coefficient (Wildman–Crippen LogP) is 1.13. The summed E-state index contributed by atoms with van der Waals surface area (Å²) in [5.74, 6) is -0.515. The molecule has 1 aromatic heterocycles. The molecular weight excluding hydrogens is 294 g/mol. The van der Waals surface area contributed by atoms with Gasteiger partial charge in [-0.15, -0.1) is 12.4 Å². The van der Waals surface area contributed by atoms with Crippen LogP contribution in [0.25, 0.3) is 0 Å². The fraction of sp³-hybridized carbons (Fsp3) is 0.500. The van der Waals surface area contributed by atoms with E-state index >= 15 is 0 Å². The van der Waals surface area contributed by atoms with E-state index in [-0.39, 0.29) is 37.2 Å². The molecule has 0 aliphatic heterocycles. The van der Waals surface area contributed by atoms with Gasteiger partial charge in [0.1, 0.15) is 0 Å². The Labute approximate surface area is 131 Å². The number of nitrogens with two attached hydrogens (primary N) is 1. The normalized spacial score (nSPS) is 11.2. The second-order valence-electron chi connectivity index (χ2n) is 4.46. The Balaban J connectivity index is 0.00000400. The molecule has 2 N–H and O–H groups in total. The van der Waals surface area contributed by atoms with Crippen molar-refractivity contribution in [2.24, 2.45) is 5.73 Å². The highest BCUT2D eigenvalue weighted by molar-refractivity contribution is 5.85. The van der Waals surface area contributed by atoms with E-state index in [0.29, 0.717) is 13.2 Å². The van der Waals surface area contributed by atoms with Crippen LogP contribution in [-0.4, -0.2) is 41.0 Å². The molecule has 1 atom stereocenters. The van der Waals surface area contributed by atoms with Gasteiger partial charge in [-0.1, -0.05) is 6.07 Å². The summed E-state index contributed by atoms with van der Waals surface area (Å²) in [6.07, 6.45) is 3.51. The van der Waals surface area contributed by atoms with Crippen LogP contribution >= 0.6 is 12.4 Å². The van der Waals surface area contributed by atoms with Gasteiger partial charge in [-0.2, -0.15) is 0 Å². The van der Waals surface area contributed by atoms with Gasteiger partial charge in [-0.3, -0.25) is 14.6 Å². The molecule has 118 valence electrons. The summed E-state index contributed by atoms with van der Waals surface area (Å²) in [6.45, 7) is 4.38. The van der Waals surface area contributed by atoms with E-state index in [1.807, 2.05) is 6.07 Å². The first kappa shape index (κ1) is 19.3. The SMILES string of the molecule is CCOC(=O)CCN(Cc1cccnc1)C(=O)[C@@H](C)N.Cl. The number of hydrogen-bond acceptors (Lipinski definition) is 5. The Kier molecular flexibility index (Phi) is 9.32. The van der Waals surface area contributed by atoms with Gasteiger partial charge in [0.15, 0.2) is 0 Å². The molecule has 0 aliphatic rings. The molecule has 6 nitrogen and oxygen atoms in total. The van der Waals surface area contributed by atoms with Crippen molar-refractivity contribution in [2.45, 2.75) is 32.9 Å². The standard InChI is InChI=1S/C14H21N3O3.ClH/c1-3-20-13(18)6-8-17(14(19)11(2)15)10-12-5-4-7-16-9-12;/h4-5,7,9,11H,3,6,8,10,15H2,1-2H3;1H/t11-;/m1./s1. The molecule has 0 saturated heterocycles. The Morgan fingerprint density at radius 1 is 1.48 bits per heavy atom. The monoisotopic (exact) mass is 315 g/mol. The zero-order chi connectivity index (χ0) is 15.0. The molecule has 1 heterocycles. The summed E-state index contributed by atoms with van der Waals surface area (Å²) in [4.78, 5) is 29.0. The second-order valence-corrected chi connectivity index (χ2v) is 4.46. The fourth-order valence-corrected chi connectivity index (χ4v) is 1.73. The topological polar surface area (TPSA) is 85.5 Å². The minimum absolute atomic E-state index is 0. The first-order valence-electron chi connectivity index (χ1n) is 6.63. The minimum Gasteiger partial charge on any atom is -0.466 e. The number of nitrogens with zero attached hydrogens (tertiary/aromatic N) is 2. The van der Waals surface area contributed by atoms with E-state index in [4.69, 9.17) is 10.5 Å². The number of carbonyl (C=O) groups is 2. The minimum atomic E-state index is -0.603. The average Bonchev–Trinajstić information content (AvgIpc) is 2.44. The van der Waals surface area contributed by atoms with E-state index in [9.17, 15) is 9.59 Å². The van der Waals surface area contributed by atoms with Crippen LogP contribution in [0.3, 0.4) is 0 Å². The number of esters is 1. The lowest BCUT2D eigenvalue weighted by Gasteiger charge is -2.24. The van der Waals surface area contributed by atoms with Gasteiger partial charge in [0.25, 0.3) is 0 Å². The van der Waals surface area contributed by atoms with E-state index in [1.54, 1.807) is 37.2 Å². The van der Waals surface area contributed by atoms with Gasteiger partial charge in [-0.25, -0.2) is 0 Å². The van der Waals surface area contributed by atoms with Crippen LogP contribution in [0.5, 0.6) is 0 Å². The molecule has 0 spiro atoms. The summed E-state index contributed by atoms with van der Waals surface area (Å²) < 4.78 is 4.86. The maximum Gasteiger partial charge on any atom is 0.307 e. The number of pyridine rings is 1. The Hall–Kier alpha value is -1.66. The third-order valence-corrected chi connectivity index (χ3v) is 2.69.